The largest absolute Gasteiger partial charge is 0.430 e. The standard InChI is InChI=1S/C28H29NO3/c1-20(2)25-28(23-15-9-5-10-16-23,24-17-11-6-12-18-24)32-27(31)29(25)26(30)21(3)19-22-13-7-4-8-14-22/h4-18,20-21,25H,19H2,1-3H3/t21-,25+/m1/s1. The van der Waals surface area contributed by atoms with Gasteiger partial charge in [-0.1, -0.05) is 112 Å². The van der Waals surface area contributed by atoms with Gasteiger partial charge in [0.25, 0.3) is 0 Å². The normalized spacial score (nSPS) is 18.4. The Morgan fingerprint density at radius 2 is 1.31 bits per heavy atom. The molecule has 164 valence electrons. The van der Waals surface area contributed by atoms with E-state index in [1.807, 2.05) is 112 Å². The van der Waals surface area contributed by atoms with Crippen molar-refractivity contribution < 1.29 is 14.3 Å². The molecule has 0 aliphatic carbocycles. The maximum Gasteiger partial charge on any atom is 0.418 e. The van der Waals surface area contributed by atoms with Gasteiger partial charge < -0.3 is 4.74 Å². The summed E-state index contributed by atoms with van der Waals surface area (Å²) < 4.78 is 6.20. The maximum absolute atomic E-state index is 13.7. The molecular formula is C28H29NO3. The average Bonchev–Trinajstić information content (AvgIpc) is 3.14. The highest BCUT2D eigenvalue weighted by Crippen LogP contribution is 2.47. The second-order valence-corrected chi connectivity index (χ2v) is 8.82. The van der Waals surface area contributed by atoms with Crippen LogP contribution in [0, 0.1) is 11.8 Å². The maximum atomic E-state index is 13.7. The van der Waals surface area contributed by atoms with E-state index in [9.17, 15) is 9.59 Å². The molecule has 2 atom stereocenters. The van der Waals surface area contributed by atoms with E-state index in [1.54, 1.807) is 0 Å². The number of rotatable bonds is 6. The van der Waals surface area contributed by atoms with Gasteiger partial charge in [-0.15, -0.1) is 0 Å². The minimum atomic E-state index is -1.06. The Bertz CT molecular complexity index is 1020. The smallest absolute Gasteiger partial charge is 0.418 e. The first-order chi connectivity index (χ1) is 15.4. The molecule has 0 saturated carbocycles. The summed E-state index contributed by atoms with van der Waals surface area (Å²) in [5.74, 6) is -0.574. The first kappa shape index (κ1) is 21.8. The molecule has 0 N–H and O–H groups in total. The molecule has 4 heteroatoms. The van der Waals surface area contributed by atoms with Crippen LogP contribution < -0.4 is 0 Å². The highest BCUT2D eigenvalue weighted by molar-refractivity contribution is 5.96. The van der Waals surface area contributed by atoms with Crippen molar-refractivity contribution >= 4 is 12.0 Å². The number of cyclic esters (lactones) is 1. The van der Waals surface area contributed by atoms with Crippen LogP contribution in [0.5, 0.6) is 0 Å². The fraction of sp³-hybridized carbons (Fsp3) is 0.286. The summed E-state index contributed by atoms with van der Waals surface area (Å²) >= 11 is 0. The third kappa shape index (κ3) is 3.81. The van der Waals surface area contributed by atoms with Crippen LogP contribution in [0.2, 0.25) is 0 Å². The topological polar surface area (TPSA) is 46.6 Å². The molecular weight excluding hydrogens is 398 g/mol. The van der Waals surface area contributed by atoms with E-state index < -0.39 is 17.7 Å². The van der Waals surface area contributed by atoms with Crippen molar-refractivity contribution in [1.82, 2.24) is 4.90 Å². The lowest BCUT2D eigenvalue weighted by Crippen LogP contribution is -2.51. The number of nitrogens with zero attached hydrogens (tertiary/aromatic N) is 1. The highest BCUT2D eigenvalue weighted by Gasteiger charge is 2.59. The SMILES string of the molecule is CC(C)[C@@H]1N(C(=O)[C@H](C)Cc2ccccc2)C(=O)OC1(c1ccccc1)c1ccccc1. The van der Waals surface area contributed by atoms with E-state index >= 15 is 0 Å². The predicted molar refractivity (Wildman–Crippen MR) is 125 cm³/mol. The Morgan fingerprint density at radius 1 is 0.844 bits per heavy atom. The van der Waals surface area contributed by atoms with Gasteiger partial charge in [-0.2, -0.15) is 0 Å². The van der Waals surface area contributed by atoms with Crippen LogP contribution in [-0.4, -0.2) is 22.9 Å². The van der Waals surface area contributed by atoms with Crippen LogP contribution in [0.4, 0.5) is 4.79 Å². The lowest BCUT2D eigenvalue weighted by molar-refractivity contribution is -0.134. The molecule has 0 bridgehead atoms. The molecule has 4 rings (SSSR count). The van der Waals surface area contributed by atoms with Crippen LogP contribution in [0.1, 0.15) is 37.5 Å². The Morgan fingerprint density at radius 3 is 1.78 bits per heavy atom. The van der Waals surface area contributed by atoms with Gasteiger partial charge in [-0.25, -0.2) is 9.69 Å². The lowest BCUT2D eigenvalue weighted by Gasteiger charge is -2.38. The predicted octanol–water partition coefficient (Wildman–Crippen LogP) is 5.81. The van der Waals surface area contributed by atoms with Gasteiger partial charge in [-0.05, 0) is 17.9 Å². The van der Waals surface area contributed by atoms with Gasteiger partial charge in [0.1, 0.15) is 0 Å². The molecule has 1 fully saturated rings. The zero-order valence-corrected chi connectivity index (χ0v) is 18.8. The number of carbonyl (C=O) groups excluding carboxylic acids is 2. The van der Waals surface area contributed by atoms with E-state index in [-0.39, 0.29) is 17.7 Å². The van der Waals surface area contributed by atoms with Crippen LogP contribution in [0.15, 0.2) is 91.0 Å². The van der Waals surface area contributed by atoms with Gasteiger partial charge in [0.05, 0.1) is 6.04 Å². The second kappa shape index (κ2) is 8.99. The molecule has 0 spiro atoms. The van der Waals surface area contributed by atoms with Crippen molar-refractivity contribution in [3.63, 3.8) is 0 Å². The van der Waals surface area contributed by atoms with Gasteiger partial charge in [0.15, 0.2) is 5.60 Å². The minimum absolute atomic E-state index is 0.0188. The Hall–Kier alpha value is -3.40. The summed E-state index contributed by atoms with van der Waals surface area (Å²) in [4.78, 5) is 28.4. The molecule has 4 nitrogen and oxygen atoms in total. The number of carbonyl (C=O) groups is 2. The first-order valence-corrected chi connectivity index (χ1v) is 11.2. The lowest BCUT2D eigenvalue weighted by atomic mass is 9.75. The molecule has 32 heavy (non-hydrogen) atoms. The van der Waals surface area contributed by atoms with E-state index in [4.69, 9.17) is 4.74 Å². The van der Waals surface area contributed by atoms with Crippen molar-refractivity contribution in [1.29, 1.82) is 0 Å². The summed E-state index contributed by atoms with van der Waals surface area (Å²) in [6, 6.07) is 28.9. The Kier molecular flexibility index (Phi) is 6.13. The van der Waals surface area contributed by atoms with Crippen LogP contribution >= 0.6 is 0 Å². The quantitative estimate of drug-likeness (QED) is 0.498. The molecule has 3 aromatic rings. The molecule has 0 unspecified atom stereocenters. The number of imide groups is 1. The number of amides is 2. The van der Waals surface area contributed by atoms with E-state index in [2.05, 4.69) is 0 Å². The van der Waals surface area contributed by atoms with Gasteiger partial charge >= 0.3 is 6.09 Å². The van der Waals surface area contributed by atoms with Crippen LogP contribution in [-0.2, 0) is 21.6 Å². The van der Waals surface area contributed by atoms with Crippen molar-refractivity contribution in [2.75, 3.05) is 0 Å². The monoisotopic (exact) mass is 427 g/mol. The Balaban J connectivity index is 1.78. The van der Waals surface area contributed by atoms with Crippen molar-refractivity contribution in [2.45, 2.75) is 38.8 Å². The molecule has 1 saturated heterocycles. The molecule has 0 radical (unpaired) electrons. The molecule has 1 aliphatic heterocycles. The summed E-state index contributed by atoms with van der Waals surface area (Å²) in [6.45, 7) is 5.95. The van der Waals surface area contributed by atoms with Crippen LogP contribution in [0.25, 0.3) is 0 Å². The Labute approximate surface area is 189 Å². The first-order valence-electron chi connectivity index (χ1n) is 11.2. The number of hydrogen-bond donors (Lipinski definition) is 0. The molecule has 1 aliphatic rings. The minimum Gasteiger partial charge on any atom is -0.430 e. The van der Waals surface area contributed by atoms with E-state index in [0.717, 1.165) is 16.7 Å². The van der Waals surface area contributed by atoms with Gasteiger partial charge in [0.2, 0.25) is 5.91 Å². The zero-order valence-electron chi connectivity index (χ0n) is 18.8. The number of hydrogen-bond acceptors (Lipinski definition) is 3. The van der Waals surface area contributed by atoms with Crippen LogP contribution in [0.3, 0.4) is 0 Å². The van der Waals surface area contributed by atoms with E-state index in [1.165, 1.54) is 4.90 Å². The number of benzene rings is 3. The summed E-state index contributed by atoms with van der Waals surface area (Å²) in [5, 5.41) is 0. The van der Waals surface area contributed by atoms with Crippen molar-refractivity contribution in [2.24, 2.45) is 11.8 Å². The van der Waals surface area contributed by atoms with Crippen molar-refractivity contribution in [3.8, 4) is 0 Å². The summed E-state index contributed by atoms with van der Waals surface area (Å²) in [5.41, 5.74) is 1.74. The molecule has 0 aromatic heterocycles. The highest BCUT2D eigenvalue weighted by atomic mass is 16.6. The second-order valence-electron chi connectivity index (χ2n) is 8.82. The third-order valence-corrected chi connectivity index (χ3v) is 6.22. The summed E-state index contributed by atoms with van der Waals surface area (Å²) in [6.07, 6.45) is -0.0147. The van der Waals surface area contributed by atoms with Gasteiger partial charge in [-0.3, -0.25) is 4.79 Å². The third-order valence-electron chi connectivity index (χ3n) is 6.22. The zero-order chi connectivity index (χ0) is 22.7. The fourth-order valence-electron chi connectivity index (χ4n) is 4.83. The molecule has 3 aromatic carbocycles. The van der Waals surface area contributed by atoms with E-state index in [0.29, 0.717) is 6.42 Å². The average molecular weight is 428 g/mol. The number of ether oxygens (including phenoxy) is 1. The molecule has 1 heterocycles. The van der Waals surface area contributed by atoms with Gasteiger partial charge in [0, 0.05) is 17.0 Å². The summed E-state index contributed by atoms with van der Waals surface area (Å²) in [7, 11) is 0. The fourth-order valence-corrected chi connectivity index (χ4v) is 4.83. The molecule has 2 amide bonds. The van der Waals surface area contributed by atoms with Crippen molar-refractivity contribution in [3.05, 3.63) is 108 Å².